The molecule has 0 radical (unpaired) electrons. The average Bonchev–Trinajstić information content (AvgIpc) is 3.32. The van der Waals surface area contributed by atoms with Gasteiger partial charge in [-0.05, 0) is 23.8 Å². The summed E-state index contributed by atoms with van der Waals surface area (Å²) in [4.78, 5) is 17.0. The van der Waals surface area contributed by atoms with Gasteiger partial charge in [0.15, 0.2) is 0 Å². The summed E-state index contributed by atoms with van der Waals surface area (Å²) in [6, 6.07) is 26.5. The molecule has 0 saturated heterocycles. The van der Waals surface area contributed by atoms with E-state index in [0.717, 1.165) is 11.1 Å². The van der Waals surface area contributed by atoms with E-state index < -0.39 is 11.2 Å². The Morgan fingerprint density at radius 2 is 1.73 bits per heavy atom. The molecule has 2 heterocycles. The molecular weight excluding hydrogens is 394 g/mol. The Kier molecular flexibility index (Phi) is 5.64. The summed E-state index contributed by atoms with van der Waals surface area (Å²) in [6.07, 6.45) is 1.56. The van der Waals surface area contributed by atoms with Crippen LogP contribution in [0.25, 0.3) is 22.6 Å². The van der Waals surface area contributed by atoms with Crippen LogP contribution in [0.3, 0.4) is 0 Å². The lowest BCUT2D eigenvalue weighted by Crippen LogP contribution is -2.19. The standard InChI is InChI=1S/C24H17N3O2S/c25-15-19-18(21-12-7-13-29-21)14-20(16-8-3-1-4-9-16)27-24(19)30-22(23(26)28)17-10-5-2-6-11-17/h1-14,22H,(H2,26,28). The number of carbonyl (C=O) groups is 1. The van der Waals surface area contributed by atoms with Crippen LogP contribution < -0.4 is 5.73 Å². The Labute approximate surface area is 178 Å². The van der Waals surface area contributed by atoms with E-state index in [1.165, 1.54) is 11.8 Å². The number of amides is 1. The molecular formula is C24H17N3O2S. The van der Waals surface area contributed by atoms with Gasteiger partial charge < -0.3 is 10.2 Å². The SMILES string of the molecule is N#Cc1c(-c2ccco2)cc(-c2ccccc2)nc1SC(C(N)=O)c1ccccc1. The van der Waals surface area contributed by atoms with Crippen molar-refractivity contribution in [2.75, 3.05) is 0 Å². The van der Waals surface area contributed by atoms with Gasteiger partial charge in [0.1, 0.15) is 22.1 Å². The van der Waals surface area contributed by atoms with Gasteiger partial charge in [-0.15, -0.1) is 0 Å². The first kappa shape index (κ1) is 19.5. The Balaban J connectivity index is 1.88. The van der Waals surface area contributed by atoms with E-state index in [9.17, 15) is 10.1 Å². The van der Waals surface area contributed by atoms with Gasteiger partial charge in [0, 0.05) is 11.1 Å². The highest BCUT2D eigenvalue weighted by Crippen LogP contribution is 2.40. The molecule has 0 saturated carbocycles. The van der Waals surface area contributed by atoms with E-state index in [1.807, 2.05) is 66.7 Å². The topological polar surface area (TPSA) is 92.9 Å². The molecule has 4 aromatic rings. The number of benzene rings is 2. The second-order valence-corrected chi connectivity index (χ2v) is 7.60. The van der Waals surface area contributed by atoms with Gasteiger partial charge in [-0.2, -0.15) is 5.26 Å². The zero-order chi connectivity index (χ0) is 20.9. The monoisotopic (exact) mass is 411 g/mol. The summed E-state index contributed by atoms with van der Waals surface area (Å²) < 4.78 is 5.57. The number of nitrogens with zero attached hydrogens (tertiary/aromatic N) is 2. The zero-order valence-electron chi connectivity index (χ0n) is 15.9. The van der Waals surface area contributed by atoms with Crippen LogP contribution in [0.2, 0.25) is 0 Å². The number of hydrogen-bond acceptors (Lipinski definition) is 5. The number of hydrogen-bond donors (Lipinski definition) is 1. The molecule has 0 spiro atoms. The van der Waals surface area contributed by atoms with Gasteiger partial charge in [0.2, 0.25) is 5.91 Å². The quantitative estimate of drug-likeness (QED) is 0.440. The van der Waals surface area contributed by atoms with Crippen LogP contribution in [-0.4, -0.2) is 10.9 Å². The van der Waals surface area contributed by atoms with Gasteiger partial charge in [-0.1, -0.05) is 72.4 Å². The minimum atomic E-state index is -0.679. The first-order valence-electron chi connectivity index (χ1n) is 9.22. The molecule has 5 nitrogen and oxygen atoms in total. The number of nitrogens with two attached hydrogens (primary N) is 1. The largest absolute Gasteiger partial charge is 0.464 e. The molecule has 1 amide bonds. The zero-order valence-corrected chi connectivity index (χ0v) is 16.7. The minimum absolute atomic E-state index is 0.344. The Hall–Kier alpha value is -3.82. The maximum atomic E-state index is 12.2. The second kappa shape index (κ2) is 8.68. The Bertz CT molecular complexity index is 1200. The molecule has 2 aromatic heterocycles. The fourth-order valence-corrected chi connectivity index (χ4v) is 4.18. The van der Waals surface area contributed by atoms with Crippen molar-refractivity contribution >= 4 is 17.7 Å². The highest BCUT2D eigenvalue weighted by molar-refractivity contribution is 8.00. The average molecular weight is 411 g/mol. The number of thioether (sulfide) groups is 1. The summed E-state index contributed by atoms with van der Waals surface area (Å²) in [6.45, 7) is 0. The maximum Gasteiger partial charge on any atom is 0.235 e. The summed E-state index contributed by atoms with van der Waals surface area (Å²) in [7, 11) is 0. The molecule has 1 unspecified atom stereocenters. The van der Waals surface area contributed by atoms with Crippen LogP contribution in [0.1, 0.15) is 16.4 Å². The summed E-state index contributed by atoms with van der Waals surface area (Å²) in [5, 5.41) is 9.67. The predicted octanol–water partition coefficient (Wildman–Crippen LogP) is 5.20. The van der Waals surface area contributed by atoms with Crippen molar-refractivity contribution in [3.05, 3.63) is 96.3 Å². The summed E-state index contributed by atoms with van der Waals surface area (Å²) in [5.74, 6) is 0.0601. The molecule has 0 fully saturated rings. The molecule has 1 atom stereocenters. The van der Waals surface area contributed by atoms with Crippen molar-refractivity contribution in [2.45, 2.75) is 10.3 Å². The van der Waals surface area contributed by atoms with E-state index in [2.05, 4.69) is 6.07 Å². The second-order valence-electron chi connectivity index (χ2n) is 6.50. The van der Waals surface area contributed by atoms with Crippen molar-refractivity contribution in [3.63, 3.8) is 0 Å². The minimum Gasteiger partial charge on any atom is -0.464 e. The van der Waals surface area contributed by atoms with E-state index in [1.54, 1.807) is 18.4 Å². The van der Waals surface area contributed by atoms with Crippen molar-refractivity contribution in [2.24, 2.45) is 5.73 Å². The van der Waals surface area contributed by atoms with Gasteiger partial charge in [0.25, 0.3) is 0 Å². The third-order valence-corrected chi connectivity index (χ3v) is 5.80. The lowest BCUT2D eigenvalue weighted by Gasteiger charge is -2.16. The lowest BCUT2D eigenvalue weighted by atomic mass is 10.0. The molecule has 146 valence electrons. The number of carbonyl (C=O) groups excluding carboxylic acids is 1. The molecule has 4 rings (SSSR count). The number of rotatable bonds is 6. The molecule has 6 heteroatoms. The molecule has 0 aliphatic heterocycles. The molecule has 2 aromatic carbocycles. The first-order chi connectivity index (χ1) is 14.7. The number of nitriles is 1. The maximum absolute atomic E-state index is 12.2. The molecule has 2 N–H and O–H groups in total. The van der Waals surface area contributed by atoms with Gasteiger partial charge in [0.05, 0.1) is 17.5 Å². The highest BCUT2D eigenvalue weighted by atomic mass is 32.2. The van der Waals surface area contributed by atoms with Crippen molar-refractivity contribution in [1.29, 1.82) is 5.26 Å². The van der Waals surface area contributed by atoms with Crippen LogP contribution in [0.15, 0.2) is 94.6 Å². The highest BCUT2D eigenvalue weighted by Gasteiger charge is 2.24. The van der Waals surface area contributed by atoms with Crippen molar-refractivity contribution in [3.8, 4) is 28.7 Å². The van der Waals surface area contributed by atoms with Gasteiger partial charge in [-0.3, -0.25) is 4.79 Å². The third-order valence-electron chi connectivity index (χ3n) is 4.54. The fourth-order valence-electron chi connectivity index (χ4n) is 3.13. The number of furan rings is 1. The van der Waals surface area contributed by atoms with Crippen molar-refractivity contribution < 1.29 is 9.21 Å². The smallest absolute Gasteiger partial charge is 0.235 e. The van der Waals surface area contributed by atoms with Gasteiger partial charge >= 0.3 is 0 Å². The van der Waals surface area contributed by atoms with Crippen LogP contribution >= 0.6 is 11.8 Å². The molecule has 30 heavy (non-hydrogen) atoms. The van der Waals surface area contributed by atoms with E-state index >= 15 is 0 Å². The van der Waals surface area contributed by atoms with E-state index in [4.69, 9.17) is 15.1 Å². The third kappa shape index (κ3) is 3.97. The lowest BCUT2D eigenvalue weighted by molar-refractivity contribution is -0.117. The number of pyridine rings is 1. The number of aromatic nitrogens is 1. The molecule has 0 bridgehead atoms. The molecule has 0 aliphatic rings. The summed E-state index contributed by atoms with van der Waals surface area (Å²) >= 11 is 1.17. The fraction of sp³-hybridized carbons (Fsp3) is 0.0417. The van der Waals surface area contributed by atoms with Crippen LogP contribution in [0.5, 0.6) is 0 Å². The Morgan fingerprint density at radius 1 is 1.03 bits per heavy atom. The van der Waals surface area contributed by atoms with Crippen LogP contribution in [0.4, 0.5) is 0 Å². The summed E-state index contributed by atoms with van der Waals surface area (Å²) in [5.41, 5.74) is 9.00. The first-order valence-corrected chi connectivity index (χ1v) is 10.1. The van der Waals surface area contributed by atoms with E-state index in [0.29, 0.717) is 27.6 Å². The Morgan fingerprint density at radius 3 is 2.33 bits per heavy atom. The van der Waals surface area contributed by atoms with Crippen LogP contribution in [0, 0.1) is 11.3 Å². The normalized spacial score (nSPS) is 11.6. The van der Waals surface area contributed by atoms with Gasteiger partial charge in [-0.25, -0.2) is 4.98 Å². The predicted molar refractivity (Wildman–Crippen MR) is 116 cm³/mol. The van der Waals surface area contributed by atoms with Crippen LogP contribution in [-0.2, 0) is 4.79 Å². The number of primary amides is 1. The van der Waals surface area contributed by atoms with Crippen molar-refractivity contribution in [1.82, 2.24) is 4.98 Å². The van der Waals surface area contributed by atoms with E-state index in [-0.39, 0.29) is 0 Å². The molecule has 0 aliphatic carbocycles.